The van der Waals surface area contributed by atoms with Gasteiger partial charge >= 0.3 is 0 Å². The van der Waals surface area contributed by atoms with Gasteiger partial charge in [-0.25, -0.2) is 0 Å². The minimum Gasteiger partial charge on any atom is -0.339 e. The molecule has 1 aliphatic heterocycles. The van der Waals surface area contributed by atoms with E-state index in [2.05, 4.69) is 25.2 Å². The summed E-state index contributed by atoms with van der Waals surface area (Å²) in [5.74, 6) is 0.738. The molecule has 1 aromatic rings. The molecule has 5 heteroatoms. The number of carbonyl (C=O) groups is 2. The van der Waals surface area contributed by atoms with E-state index < -0.39 is 0 Å². The molecule has 3 rings (SSSR count). The summed E-state index contributed by atoms with van der Waals surface area (Å²) in [5, 5.41) is 11.8. The van der Waals surface area contributed by atoms with Crippen LogP contribution in [0.4, 0.5) is 5.69 Å². The van der Waals surface area contributed by atoms with Gasteiger partial charge in [-0.3, -0.25) is 9.59 Å². The van der Waals surface area contributed by atoms with E-state index in [1.165, 1.54) is 6.42 Å². The van der Waals surface area contributed by atoms with E-state index in [0.717, 1.165) is 12.8 Å². The molecule has 0 unspecified atom stereocenters. The summed E-state index contributed by atoms with van der Waals surface area (Å²) in [6.45, 7) is 4.98. The molecule has 1 saturated heterocycles. The van der Waals surface area contributed by atoms with Crippen LogP contribution in [0.2, 0.25) is 0 Å². The number of likely N-dealkylation sites (tertiary alicyclic amines) is 1. The largest absolute Gasteiger partial charge is 0.339 e. The first-order valence-corrected chi connectivity index (χ1v) is 9.10. The van der Waals surface area contributed by atoms with Crippen LogP contribution < -0.4 is 5.32 Å². The molecule has 1 heterocycles. The summed E-state index contributed by atoms with van der Waals surface area (Å²) in [6.07, 6.45) is 3.69. The molecule has 4 atom stereocenters. The van der Waals surface area contributed by atoms with Gasteiger partial charge in [0.05, 0.1) is 17.6 Å². The number of carbonyl (C=O) groups excluding carboxylic acids is 2. The number of nitriles is 1. The summed E-state index contributed by atoms with van der Waals surface area (Å²) >= 11 is 0. The fourth-order valence-electron chi connectivity index (χ4n) is 4.13. The van der Waals surface area contributed by atoms with Crippen LogP contribution in [0, 0.1) is 29.1 Å². The van der Waals surface area contributed by atoms with Crippen molar-refractivity contribution < 1.29 is 9.59 Å². The number of hydrogen-bond acceptors (Lipinski definition) is 3. The molecule has 5 nitrogen and oxygen atoms in total. The number of nitrogens with one attached hydrogen (secondary N) is 1. The minimum atomic E-state index is -0.317. The van der Waals surface area contributed by atoms with Gasteiger partial charge in [0.15, 0.2) is 0 Å². The summed E-state index contributed by atoms with van der Waals surface area (Å²) in [4.78, 5) is 27.0. The van der Waals surface area contributed by atoms with Crippen LogP contribution in [0.1, 0.15) is 45.1 Å². The molecule has 0 spiro atoms. The minimum absolute atomic E-state index is 0.0943. The highest BCUT2D eigenvalue weighted by Crippen LogP contribution is 2.35. The molecule has 0 aromatic heterocycles. The average molecular weight is 339 g/mol. The summed E-state index contributed by atoms with van der Waals surface area (Å²) in [7, 11) is 0. The molecule has 25 heavy (non-hydrogen) atoms. The first-order chi connectivity index (χ1) is 12.0. The van der Waals surface area contributed by atoms with Gasteiger partial charge in [-0.15, -0.1) is 0 Å². The van der Waals surface area contributed by atoms with E-state index in [0.29, 0.717) is 29.6 Å². The van der Waals surface area contributed by atoms with Crippen LogP contribution in [0.15, 0.2) is 24.3 Å². The maximum atomic E-state index is 12.6. The highest BCUT2D eigenvalue weighted by molar-refractivity contribution is 5.97. The number of amides is 2. The summed E-state index contributed by atoms with van der Waals surface area (Å²) in [6, 6.07) is 9.17. The molecular weight excluding hydrogens is 314 g/mol. The lowest BCUT2D eigenvalue weighted by Gasteiger charge is -2.40. The van der Waals surface area contributed by atoms with Gasteiger partial charge in [0.25, 0.3) is 0 Å². The second-order valence-corrected chi connectivity index (χ2v) is 7.46. The van der Waals surface area contributed by atoms with Crippen molar-refractivity contribution in [3.63, 3.8) is 0 Å². The lowest BCUT2D eigenvalue weighted by atomic mass is 9.77. The molecule has 2 aliphatic rings. The predicted molar refractivity (Wildman–Crippen MR) is 95.6 cm³/mol. The molecule has 2 fully saturated rings. The van der Waals surface area contributed by atoms with Gasteiger partial charge in [-0.05, 0) is 36.5 Å². The standard InChI is InChI=1S/C20H25N3O2/c1-13-5-3-8-18(14(13)2)23-12-16(10-19(23)24)20(25)22-17-7-4-6-15(9-17)11-21/h4,6-7,9,13-14,16,18H,3,5,8,10,12H2,1-2H3,(H,22,25)/t13-,14+,16+,18-/m0/s1. The molecule has 0 radical (unpaired) electrons. The van der Waals surface area contributed by atoms with Crippen molar-refractivity contribution in [3.05, 3.63) is 29.8 Å². The highest BCUT2D eigenvalue weighted by Gasteiger charge is 2.41. The van der Waals surface area contributed by atoms with E-state index in [9.17, 15) is 9.59 Å². The molecule has 0 bridgehead atoms. The Morgan fingerprint density at radius 2 is 2.12 bits per heavy atom. The van der Waals surface area contributed by atoms with E-state index >= 15 is 0 Å². The third-order valence-corrected chi connectivity index (χ3v) is 5.85. The Morgan fingerprint density at radius 1 is 1.32 bits per heavy atom. The van der Waals surface area contributed by atoms with Crippen LogP contribution in [0.3, 0.4) is 0 Å². The fourth-order valence-corrected chi connectivity index (χ4v) is 4.13. The third-order valence-electron chi connectivity index (χ3n) is 5.85. The Morgan fingerprint density at radius 3 is 2.88 bits per heavy atom. The van der Waals surface area contributed by atoms with E-state index in [1.54, 1.807) is 24.3 Å². The van der Waals surface area contributed by atoms with Crippen molar-refractivity contribution in [1.29, 1.82) is 5.26 Å². The zero-order chi connectivity index (χ0) is 18.0. The Labute approximate surface area is 149 Å². The van der Waals surface area contributed by atoms with Crippen molar-refractivity contribution in [2.24, 2.45) is 17.8 Å². The van der Waals surface area contributed by atoms with E-state index in [-0.39, 0.29) is 30.2 Å². The molecule has 1 saturated carbocycles. The van der Waals surface area contributed by atoms with Crippen LogP contribution in [0.5, 0.6) is 0 Å². The van der Waals surface area contributed by atoms with Crippen molar-refractivity contribution >= 4 is 17.5 Å². The summed E-state index contributed by atoms with van der Waals surface area (Å²) in [5.41, 5.74) is 1.11. The summed E-state index contributed by atoms with van der Waals surface area (Å²) < 4.78 is 0. The lowest BCUT2D eigenvalue weighted by Crippen LogP contribution is -2.45. The van der Waals surface area contributed by atoms with Crippen LogP contribution in [-0.4, -0.2) is 29.3 Å². The van der Waals surface area contributed by atoms with E-state index in [4.69, 9.17) is 5.26 Å². The van der Waals surface area contributed by atoms with Crippen molar-refractivity contribution in [2.75, 3.05) is 11.9 Å². The van der Waals surface area contributed by atoms with Gasteiger partial charge in [0, 0.05) is 24.7 Å². The van der Waals surface area contributed by atoms with Crippen LogP contribution in [0.25, 0.3) is 0 Å². The lowest BCUT2D eigenvalue weighted by molar-refractivity contribution is -0.131. The Hall–Kier alpha value is -2.35. The van der Waals surface area contributed by atoms with Crippen molar-refractivity contribution in [3.8, 4) is 6.07 Å². The van der Waals surface area contributed by atoms with E-state index in [1.807, 2.05) is 4.90 Å². The number of hydrogen-bond donors (Lipinski definition) is 1. The first kappa shape index (κ1) is 17.5. The molecular formula is C20H25N3O2. The van der Waals surface area contributed by atoms with Gasteiger partial charge in [-0.1, -0.05) is 32.8 Å². The Bertz CT molecular complexity index is 709. The predicted octanol–water partition coefficient (Wildman–Crippen LogP) is 3.17. The van der Waals surface area contributed by atoms with Gasteiger partial charge in [-0.2, -0.15) is 5.26 Å². The second-order valence-electron chi connectivity index (χ2n) is 7.46. The Kier molecular flexibility index (Phi) is 5.08. The smallest absolute Gasteiger partial charge is 0.229 e. The Balaban J connectivity index is 1.65. The number of anilines is 1. The number of benzene rings is 1. The highest BCUT2D eigenvalue weighted by atomic mass is 16.2. The van der Waals surface area contributed by atoms with Gasteiger partial charge < -0.3 is 10.2 Å². The molecule has 1 aliphatic carbocycles. The maximum absolute atomic E-state index is 12.6. The molecule has 132 valence electrons. The fraction of sp³-hybridized carbons (Fsp3) is 0.550. The zero-order valence-electron chi connectivity index (χ0n) is 14.9. The zero-order valence-corrected chi connectivity index (χ0v) is 14.9. The monoisotopic (exact) mass is 339 g/mol. The SMILES string of the molecule is C[C@@H]1[C@@H](C)CCC[C@@H]1N1C[C@H](C(=O)Nc2cccc(C#N)c2)CC1=O. The first-order valence-electron chi connectivity index (χ1n) is 9.10. The number of rotatable bonds is 3. The second kappa shape index (κ2) is 7.26. The van der Waals surface area contributed by atoms with Gasteiger partial charge in [0.1, 0.15) is 0 Å². The quantitative estimate of drug-likeness (QED) is 0.919. The van der Waals surface area contributed by atoms with Crippen LogP contribution in [-0.2, 0) is 9.59 Å². The average Bonchev–Trinajstić information content (AvgIpc) is 2.99. The molecule has 1 N–H and O–H groups in total. The normalized spacial score (nSPS) is 29.3. The third kappa shape index (κ3) is 3.68. The van der Waals surface area contributed by atoms with Crippen LogP contribution >= 0.6 is 0 Å². The number of nitrogens with zero attached hydrogens (tertiary/aromatic N) is 2. The van der Waals surface area contributed by atoms with Gasteiger partial charge in [0.2, 0.25) is 11.8 Å². The molecule has 2 amide bonds. The molecule has 1 aromatic carbocycles. The van der Waals surface area contributed by atoms with Crippen molar-refractivity contribution in [2.45, 2.75) is 45.6 Å². The topological polar surface area (TPSA) is 73.2 Å². The van der Waals surface area contributed by atoms with Crippen molar-refractivity contribution in [1.82, 2.24) is 4.90 Å². The maximum Gasteiger partial charge on any atom is 0.229 e.